The number of anilines is 2. The van der Waals surface area contributed by atoms with Crippen LogP contribution in [-0.2, 0) is 9.84 Å². The van der Waals surface area contributed by atoms with Crippen molar-refractivity contribution in [2.45, 2.75) is 32.4 Å². The Morgan fingerprint density at radius 1 is 1.38 bits per heavy atom. The van der Waals surface area contributed by atoms with E-state index in [1.807, 2.05) is 13.8 Å². The zero-order valence-electron chi connectivity index (χ0n) is 12.3. The van der Waals surface area contributed by atoms with Gasteiger partial charge in [-0.2, -0.15) is 15.0 Å². The molecule has 21 heavy (non-hydrogen) atoms. The molecule has 1 fully saturated rings. The molecule has 1 saturated heterocycles. The smallest absolute Gasteiger partial charge is 0.323 e. The molecule has 10 heteroatoms. The molecule has 3 N–H and O–H groups in total. The van der Waals surface area contributed by atoms with Gasteiger partial charge in [0.1, 0.15) is 0 Å². The normalized spacial score (nSPS) is 20.5. The van der Waals surface area contributed by atoms with E-state index in [0.29, 0.717) is 12.4 Å². The molecule has 2 rings (SSSR count). The molecule has 0 saturated carbocycles. The van der Waals surface area contributed by atoms with Crippen LogP contribution < -0.4 is 20.9 Å². The van der Waals surface area contributed by atoms with Gasteiger partial charge < -0.3 is 9.64 Å². The van der Waals surface area contributed by atoms with Crippen LogP contribution in [0.1, 0.15) is 20.3 Å². The largest absolute Gasteiger partial charge is 0.461 e. The highest BCUT2D eigenvalue weighted by molar-refractivity contribution is 7.91. The summed E-state index contributed by atoms with van der Waals surface area (Å²) in [7, 11) is -1.23. The van der Waals surface area contributed by atoms with E-state index in [1.165, 1.54) is 0 Å². The molecular weight excluding hydrogens is 296 g/mol. The van der Waals surface area contributed by atoms with Crippen LogP contribution in [0.15, 0.2) is 0 Å². The fourth-order valence-corrected chi connectivity index (χ4v) is 3.85. The maximum absolute atomic E-state index is 11.6. The van der Waals surface area contributed by atoms with Gasteiger partial charge >= 0.3 is 6.01 Å². The summed E-state index contributed by atoms with van der Waals surface area (Å²) < 4.78 is 28.6. The number of ether oxygens (including phenoxy) is 1. The Labute approximate surface area is 123 Å². The lowest BCUT2D eigenvalue weighted by Gasteiger charge is -2.23. The minimum atomic E-state index is -2.98. The minimum absolute atomic E-state index is 0.0944. The lowest BCUT2D eigenvalue weighted by atomic mass is 10.2. The minimum Gasteiger partial charge on any atom is -0.461 e. The zero-order valence-corrected chi connectivity index (χ0v) is 13.1. The Hall–Kier alpha value is -1.68. The van der Waals surface area contributed by atoms with Crippen molar-refractivity contribution in [3.05, 3.63) is 0 Å². The molecule has 1 aliphatic heterocycles. The van der Waals surface area contributed by atoms with Gasteiger partial charge in [-0.3, -0.25) is 5.43 Å². The Morgan fingerprint density at radius 3 is 2.62 bits per heavy atom. The van der Waals surface area contributed by atoms with Crippen molar-refractivity contribution in [3.8, 4) is 6.01 Å². The second-order valence-electron chi connectivity index (χ2n) is 5.22. The molecule has 1 aromatic rings. The fourth-order valence-electron chi connectivity index (χ4n) is 2.08. The highest BCUT2D eigenvalue weighted by atomic mass is 32.2. The summed E-state index contributed by atoms with van der Waals surface area (Å²) in [5.41, 5.74) is 2.36. The van der Waals surface area contributed by atoms with E-state index in [4.69, 9.17) is 10.6 Å². The van der Waals surface area contributed by atoms with Gasteiger partial charge in [0.2, 0.25) is 11.9 Å². The van der Waals surface area contributed by atoms with Gasteiger partial charge in [0.25, 0.3) is 0 Å². The number of hydrogen-bond acceptors (Lipinski definition) is 9. The number of rotatable bonds is 5. The van der Waals surface area contributed by atoms with Crippen LogP contribution >= 0.6 is 0 Å². The molecule has 1 atom stereocenters. The summed E-state index contributed by atoms with van der Waals surface area (Å²) in [6.45, 7) is 3.71. The first-order chi connectivity index (χ1) is 9.80. The molecular formula is C11H20N6O3S. The average Bonchev–Trinajstić information content (AvgIpc) is 2.77. The first-order valence-corrected chi connectivity index (χ1v) is 8.45. The van der Waals surface area contributed by atoms with Crippen LogP contribution in [0, 0.1) is 0 Å². The van der Waals surface area contributed by atoms with Crippen molar-refractivity contribution in [2.24, 2.45) is 5.84 Å². The Bertz CT molecular complexity index is 606. The summed E-state index contributed by atoms with van der Waals surface area (Å²) in [5, 5.41) is 0. The first-order valence-electron chi connectivity index (χ1n) is 6.63. The number of aromatic nitrogens is 3. The fraction of sp³-hybridized carbons (Fsp3) is 0.727. The van der Waals surface area contributed by atoms with Gasteiger partial charge in [-0.25, -0.2) is 14.3 Å². The van der Waals surface area contributed by atoms with Gasteiger partial charge in [-0.05, 0) is 20.3 Å². The van der Waals surface area contributed by atoms with Crippen LogP contribution in [0.4, 0.5) is 11.9 Å². The SMILES string of the molecule is CC(C)Oc1nc(NN)nc(N(C)C2CCS(=O)(=O)C2)n1. The number of nitrogens with two attached hydrogens (primary N) is 1. The standard InChI is InChI=1S/C11H20N6O3S/c1-7(2)20-11-14-9(16-12)13-10(15-11)17(3)8-4-5-21(18,19)6-8/h7-8H,4-6,12H2,1-3H3,(H,13,14,15,16). The third kappa shape index (κ3) is 3.91. The van der Waals surface area contributed by atoms with Crippen molar-refractivity contribution < 1.29 is 13.2 Å². The van der Waals surface area contributed by atoms with Gasteiger partial charge in [-0.15, -0.1) is 0 Å². The summed E-state index contributed by atoms with van der Waals surface area (Å²) >= 11 is 0. The third-order valence-electron chi connectivity index (χ3n) is 3.14. The molecule has 1 aliphatic rings. The molecule has 9 nitrogen and oxygen atoms in total. The van der Waals surface area contributed by atoms with Gasteiger partial charge in [-0.1, -0.05) is 0 Å². The Morgan fingerprint density at radius 2 is 2.10 bits per heavy atom. The van der Waals surface area contributed by atoms with Gasteiger partial charge in [0.15, 0.2) is 9.84 Å². The third-order valence-corrected chi connectivity index (χ3v) is 4.90. The second kappa shape index (κ2) is 5.98. The van der Waals surface area contributed by atoms with Crippen molar-refractivity contribution >= 4 is 21.7 Å². The Kier molecular flexibility index (Phi) is 4.47. The lowest BCUT2D eigenvalue weighted by Crippen LogP contribution is -2.34. The summed E-state index contributed by atoms with van der Waals surface area (Å²) in [4.78, 5) is 14.1. The predicted molar refractivity (Wildman–Crippen MR) is 78.9 cm³/mol. The first kappa shape index (κ1) is 15.7. The van der Waals surface area contributed by atoms with E-state index in [2.05, 4.69) is 20.4 Å². The van der Waals surface area contributed by atoms with Crippen LogP contribution in [0.5, 0.6) is 6.01 Å². The molecule has 1 aromatic heterocycles. The lowest BCUT2D eigenvalue weighted by molar-refractivity contribution is 0.222. The molecule has 0 bridgehead atoms. The number of hydrogen-bond donors (Lipinski definition) is 2. The van der Waals surface area contributed by atoms with E-state index >= 15 is 0 Å². The van der Waals surface area contributed by atoms with Gasteiger partial charge in [0.05, 0.1) is 17.6 Å². The number of nitrogen functional groups attached to an aromatic ring is 1. The molecule has 0 radical (unpaired) electrons. The van der Waals surface area contributed by atoms with Crippen molar-refractivity contribution in [3.63, 3.8) is 0 Å². The maximum atomic E-state index is 11.6. The molecule has 2 heterocycles. The Balaban J connectivity index is 2.25. The number of hydrazine groups is 1. The number of nitrogens with zero attached hydrogens (tertiary/aromatic N) is 4. The van der Waals surface area contributed by atoms with E-state index in [9.17, 15) is 8.42 Å². The molecule has 1 unspecified atom stereocenters. The highest BCUT2D eigenvalue weighted by Gasteiger charge is 2.32. The van der Waals surface area contributed by atoms with Crippen LogP contribution in [0.2, 0.25) is 0 Å². The van der Waals surface area contributed by atoms with Crippen LogP contribution in [0.3, 0.4) is 0 Å². The van der Waals surface area contributed by atoms with Crippen LogP contribution in [0.25, 0.3) is 0 Å². The van der Waals surface area contributed by atoms with Crippen molar-refractivity contribution in [2.75, 3.05) is 28.9 Å². The van der Waals surface area contributed by atoms with E-state index in [0.717, 1.165) is 0 Å². The highest BCUT2D eigenvalue weighted by Crippen LogP contribution is 2.22. The zero-order chi connectivity index (χ0) is 15.6. The molecule has 0 amide bonds. The predicted octanol–water partition coefficient (Wildman–Crippen LogP) is -0.432. The monoisotopic (exact) mass is 316 g/mol. The summed E-state index contributed by atoms with van der Waals surface area (Å²) in [6.07, 6.45) is 0.457. The summed E-state index contributed by atoms with van der Waals surface area (Å²) in [5.74, 6) is 6.12. The summed E-state index contributed by atoms with van der Waals surface area (Å²) in [6, 6.07) is -0.00872. The number of nitrogens with one attached hydrogen (secondary N) is 1. The molecule has 0 aliphatic carbocycles. The van der Waals surface area contributed by atoms with E-state index < -0.39 is 9.84 Å². The van der Waals surface area contributed by atoms with Crippen molar-refractivity contribution in [1.82, 2.24) is 15.0 Å². The topological polar surface area (TPSA) is 123 Å². The number of sulfone groups is 1. The van der Waals surface area contributed by atoms with Crippen LogP contribution in [-0.4, -0.2) is 54.1 Å². The van der Waals surface area contributed by atoms with E-state index in [1.54, 1.807) is 11.9 Å². The molecule has 0 spiro atoms. The molecule has 0 aromatic carbocycles. The quantitative estimate of drug-likeness (QED) is 0.550. The van der Waals surface area contributed by atoms with Gasteiger partial charge in [0, 0.05) is 13.1 Å². The second-order valence-corrected chi connectivity index (χ2v) is 7.45. The van der Waals surface area contributed by atoms with Crippen molar-refractivity contribution in [1.29, 1.82) is 0 Å². The maximum Gasteiger partial charge on any atom is 0.323 e. The van der Waals surface area contributed by atoms with E-state index in [-0.39, 0.29) is 35.6 Å². The average molecular weight is 316 g/mol. The molecule has 118 valence electrons.